The van der Waals surface area contributed by atoms with Crippen LogP contribution < -0.4 is 5.32 Å². The lowest BCUT2D eigenvalue weighted by Gasteiger charge is -2.26. The Labute approximate surface area is 152 Å². The normalized spacial score (nSPS) is 15.0. The van der Waals surface area contributed by atoms with Crippen LogP contribution >= 0.6 is 53.2 Å². The second-order valence-corrected chi connectivity index (χ2v) is 5.73. The molecule has 8 heteroatoms. The van der Waals surface area contributed by atoms with Crippen LogP contribution in [0, 0.1) is 6.92 Å². The zero-order valence-electron chi connectivity index (χ0n) is 11.7. The maximum Gasteiger partial charge on any atom is 0.139 e. The minimum Gasteiger partial charge on any atom is -0.314 e. The van der Waals surface area contributed by atoms with Gasteiger partial charge in [-0.3, -0.25) is 4.90 Å². The first-order valence-corrected chi connectivity index (χ1v) is 7.08. The predicted octanol–water partition coefficient (Wildman–Crippen LogP) is 3.08. The van der Waals surface area contributed by atoms with Crippen molar-refractivity contribution in [2.24, 2.45) is 0 Å². The van der Waals surface area contributed by atoms with E-state index in [4.69, 9.17) is 0 Å². The van der Waals surface area contributed by atoms with Crippen molar-refractivity contribution in [3.63, 3.8) is 0 Å². The summed E-state index contributed by atoms with van der Waals surface area (Å²) < 4.78 is 3.30. The molecule has 1 fully saturated rings. The van der Waals surface area contributed by atoms with E-state index >= 15 is 0 Å². The molecule has 4 nitrogen and oxygen atoms in total. The average Bonchev–Trinajstić information content (AvgIpc) is 2.74. The van der Waals surface area contributed by atoms with Crippen LogP contribution in [0.5, 0.6) is 0 Å². The maximum absolute atomic E-state index is 4.52. The number of hydrogen-bond acceptors (Lipinski definition) is 3. The number of fused-ring (bicyclic) bond motifs is 1. The summed E-state index contributed by atoms with van der Waals surface area (Å²) >= 11 is 3.56. The van der Waals surface area contributed by atoms with Gasteiger partial charge in [-0.2, -0.15) is 0 Å². The molecule has 120 valence electrons. The van der Waals surface area contributed by atoms with Crippen LogP contribution in [0.15, 0.2) is 22.9 Å². The Balaban J connectivity index is 0.00000133. The smallest absolute Gasteiger partial charge is 0.139 e. The van der Waals surface area contributed by atoms with Crippen molar-refractivity contribution in [1.29, 1.82) is 0 Å². The van der Waals surface area contributed by atoms with Crippen LogP contribution in [0.2, 0.25) is 0 Å². The number of imidazole rings is 1. The van der Waals surface area contributed by atoms with Gasteiger partial charge >= 0.3 is 0 Å². The number of rotatable bonds is 2. The fraction of sp³-hybridized carbons (Fsp3) is 0.462. The molecule has 21 heavy (non-hydrogen) atoms. The molecule has 0 atom stereocenters. The van der Waals surface area contributed by atoms with Crippen molar-refractivity contribution < 1.29 is 0 Å². The number of aromatic nitrogens is 2. The van der Waals surface area contributed by atoms with E-state index < -0.39 is 0 Å². The molecule has 3 rings (SSSR count). The number of halogens is 4. The summed E-state index contributed by atoms with van der Waals surface area (Å²) in [6.45, 7) is 7.46. The Morgan fingerprint density at radius 1 is 1.24 bits per heavy atom. The van der Waals surface area contributed by atoms with E-state index in [0.717, 1.165) is 42.8 Å². The quantitative estimate of drug-likeness (QED) is 0.814. The van der Waals surface area contributed by atoms with Crippen LogP contribution in [0.3, 0.4) is 0 Å². The van der Waals surface area contributed by atoms with Gasteiger partial charge in [0.15, 0.2) is 0 Å². The zero-order valence-corrected chi connectivity index (χ0v) is 15.7. The Morgan fingerprint density at radius 2 is 1.90 bits per heavy atom. The third-order valence-electron chi connectivity index (χ3n) is 3.43. The van der Waals surface area contributed by atoms with E-state index in [1.54, 1.807) is 0 Å². The van der Waals surface area contributed by atoms with E-state index in [2.05, 4.69) is 54.7 Å². The molecule has 1 aliphatic rings. The Bertz CT molecular complexity index is 570. The minimum atomic E-state index is 0. The van der Waals surface area contributed by atoms with E-state index in [1.807, 2.05) is 6.20 Å². The first kappa shape index (κ1) is 21.0. The van der Waals surface area contributed by atoms with E-state index in [1.165, 1.54) is 11.3 Å². The van der Waals surface area contributed by atoms with Crippen molar-refractivity contribution in [3.8, 4) is 0 Å². The third kappa shape index (κ3) is 4.71. The Kier molecular flexibility index (Phi) is 9.16. The summed E-state index contributed by atoms with van der Waals surface area (Å²) in [7, 11) is 0. The minimum absolute atomic E-state index is 0. The molecule has 3 heterocycles. The summed E-state index contributed by atoms with van der Waals surface area (Å²) in [5, 5.41) is 3.38. The second kappa shape index (κ2) is 9.18. The van der Waals surface area contributed by atoms with Crippen LogP contribution in [0.1, 0.15) is 11.3 Å². The molecule has 0 aliphatic carbocycles. The van der Waals surface area contributed by atoms with Gasteiger partial charge in [0.2, 0.25) is 0 Å². The van der Waals surface area contributed by atoms with E-state index in [0.29, 0.717) is 0 Å². The number of hydrogen-bond donors (Lipinski definition) is 1. The molecule has 0 unspecified atom stereocenters. The predicted molar refractivity (Wildman–Crippen MR) is 97.5 cm³/mol. The third-order valence-corrected chi connectivity index (χ3v) is 3.86. The molecule has 0 radical (unpaired) electrons. The molecule has 0 saturated carbocycles. The summed E-state index contributed by atoms with van der Waals surface area (Å²) in [4.78, 5) is 6.99. The summed E-state index contributed by atoms with van der Waals surface area (Å²) in [6.07, 6.45) is 4.10. The summed E-state index contributed by atoms with van der Waals surface area (Å²) in [5.41, 5.74) is 3.52. The lowest BCUT2D eigenvalue weighted by molar-refractivity contribution is 0.230. The maximum atomic E-state index is 4.52. The molecule has 0 bridgehead atoms. The SMILES string of the molecule is Cc1cc(Br)cn2c(CN3CCNCC3)cnc12.Cl.Cl.Cl. The highest BCUT2D eigenvalue weighted by molar-refractivity contribution is 9.10. The number of nitrogens with one attached hydrogen (secondary N) is 1. The number of nitrogens with zero attached hydrogens (tertiary/aromatic N) is 3. The molecular weight excluding hydrogens is 398 g/mol. The van der Waals surface area contributed by atoms with Crippen LogP contribution in [-0.2, 0) is 6.54 Å². The van der Waals surface area contributed by atoms with Gasteiger partial charge in [0.1, 0.15) is 5.65 Å². The van der Waals surface area contributed by atoms with E-state index in [9.17, 15) is 0 Å². The number of pyridine rings is 1. The molecular formula is C13H20BrCl3N4. The van der Waals surface area contributed by atoms with Gasteiger partial charge in [-0.1, -0.05) is 0 Å². The fourth-order valence-corrected chi connectivity index (χ4v) is 3.03. The highest BCUT2D eigenvalue weighted by Crippen LogP contribution is 2.19. The van der Waals surface area contributed by atoms with Gasteiger partial charge in [0, 0.05) is 43.4 Å². The molecule has 1 saturated heterocycles. The second-order valence-electron chi connectivity index (χ2n) is 4.81. The molecule has 2 aromatic rings. The first-order chi connectivity index (χ1) is 8.74. The van der Waals surface area contributed by atoms with Gasteiger partial charge in [0.05, 0.1) is 11.9 Å². The molecule has 0 aromatic carbocycles. The zero-order chi connectivity index (χ0) is 12.5. The number of aryl methyl sites for hydroxylation is 1. The topological polar surface area (TPSA) is 32.6 Å². The van der Waals surface area contributed by atoms with Gasteiger partial charge in [-0.25, -0.2) is 4.98 Å². The van der Waals surface area contributed by atoms with Crippen molar-refractivity contribution in [3.05, 3.63) is 34.2 Å². The highest BCUT2D eigenvalue weighted by atomic mass is 79.9. The molecule has 0 spiro atoms. The summed E-state index contributed by atoms with van der Waals surface area (Å²) in [6, 6.07) is 2.11. The van der Waals surface area contributed by atoms with Gasteiger partial charge < -0.3 is 9.72 Å². The van der Waals surface area contributed by atoms with Gasteiger partial charge in [-0.05, 0) is 34.5 Å². The lowest BCUT2D eigenvalue weighted by atomic mass is 10.3. The standard InChI is InChI=1S/C13H17BrN4.3ClH/c1-10-6-11(14)8-18-12(7-16-13(10)18)9-17-4-2-15-3-5-17;;;/h6-8,15H,2-5,9H2,1H3;3*1H. The van der Waals surface area contributed by atoms with Crippen LogP contribution in [0.4, 0.5) is 0 Å². The molecule has 1 N–H and O–H groups in total. The lowest BCUT2D eigenvalue weighted by Crippen LogP contribution is -2.43. The highest BCUT2D eigenvalue weighted by Gasteiger charge is 2.13. The molecule has 0 amide bonds. The monoisotopic (exact) mass is 416 g/mol. The Morgan fingerprint density at radius 3 is 2.57 bits per heavy atom. The van der Waals surface area contributed by atoms with Crippen molar-refractivity contribution in [2.45, 2.75) is 13.5 Å². The van der Waals surface area contributed by atoms with Crippen molar-refractivity contribution >= 4 is 58.8 Å². The fourth-order valence-electron chi connectivity index (χ4n) is 2.48. The Hall–Kier alpha value is -0.0400. The van der Waals surface area contributed by atoms with Crippen molar-refractivity contribution in [1.82, 2.24) is 19.6 Å². The molecule has 2 aromatic heterocycles. The number of piperazine rings is 1. The van der Waals surface area contributed by atoms with Gasteiger partial charge in [0.25, 0.3) is 0 Å². The van der Waals surface area contributed by atoms with Gasteiger partial charge in [-0.15, -0.1) is 37.2 Å². The van der Waals surface area contributed by atoms with Crippen LogP contribution in [-0.4, -0.2) is 40.5 Å². The van der Waals surface area contributed by atoms with Crippen molar-refractivity contribution in [2.75, 3.05) is 26.2 Å². The van der Waals surface area contributed by atoms with E-state index in [-0.39, 0.29) is 37.2 Å². The first-order valence-electron chi connectivity index (χ1n) is 6.29. The average molecular weight is 419 g/mol. The largest absolute Gasteiger partial charge is 0.314 e. The van der Waals surface area contributed by atoms with Crippen LogP contribution in [0.25, 0.3) is 5.65 Å². The summed E-state index contributed by atoms with van der Waals surface area (Å²) in [5.74, 6) is 0. The molecule has 1 aliphatic heterocycles.